The number of carbonyl (C=O) groups excluding carboxylic acids is 2. The maximum atomic E-state index is 13.0. The van der Waals surface area contributed by atoms with E-state index in [1.54, 1.807) is 24.0 Å². The van der Waals surface area contributed by atoms with Gasteiger partial charge in [-0.3, -0.25) is 9.59 Å². The van der Waals surface area contributed by atoms with E-state index >= 15 is 0 Å². The molecule has 0 saturated heterocycles. The van der Waals surface area contributed by atoms with Crippen LogP contribution in [0, 0.1) is 11.7 Å². The van der Waals surface area contributed by atoms with Gasteiger partial charge >= 0.3 is 0 Å². The first-order valence-corrected chi connectivity index (χ1v) is 8.20. The van der Waals surface area contributed by atoms with E-state index < -0.39 is 6.04 Å². The standard InChI is InChI=1S/C18H27FN2O2/c1-5-16(18(23)20-11-13(3)4)21(17(22)6-2)12-14-7-9-15(19)10-8-14/h7-10,13,16H,5-6,11-12H2,1-4H3,(H,20,23)/t16-/m0/s1. The number of halogens is 1. The van der Waals surface area contributed by atoms with Crippen molar-refractivity contribution in [2.45, 2.75) is 53.1 Å². The van der Waals surface area contributed by atoms with Gasteiger partial charge in [-0.05, 0) is 30.0 Å². The Hall–Kier alpha value is -1.91. The molecule has 0 fully saturated rings. The first-order valence-electron chi connectivity index (χ1n) is 8.20. The Morgan fingerprint density at radius 1 is 1.17 bits per heavy atom. The molecule has 0 heterocycles. The molecule has 1 N–H and O–H groups in total. The molecule has 0 aliphatic heterocycles. The second-order valence-corrected chi connectivity index (χ2v) is 6.06. The third kappa shape index (κ3) is 6.00. The van der Waals surface area contributed by atoms with Gasteiger partial charge in [0.05, 0.1) is 0 Å². The van der Waals surface area contributed by atoms with Crippen LogP contribution in [0.3, 0.4) is 0 Å². The summed E-state index contributed by atoms with van der Waals surface area (Å²) in [5, 5.41) is 2.89. The Labute approximate surface area is 138 Å². The zero-order chi connectivity index (χ0) is 17.4. The normalized spacial score (nSPS) is 12.1. The van der Waals surface area contributed by atoms with Gasteiger partial charge in [0, 0.05) is 19.5 Å². The van der Waals surface area contributed by atoms with Gasteiger partial charge in [0.2, 0.25) is 11.8 Å². The van der Waals surface area contributed by atoms with E-state index in [0.717, 1.165) is 5.56 Å². The minimum atomic E-state index is -0.508. The molecule has 1 aromatic rings. The Bertz CT molecular complexity index is 514. The van der Waals surface area contributed by atoms with E-state index in [1.165, 1.54) is 12.1 Å². The van der Waals surface area contributed by atoms with E-state index in [-0.39, 0.29) is 17.6 Å². The predicted octanol–water partition coefficient (Wildman–Crippen LogP) is 3.12. The molecule has 4 nitrogen and oxygen atoms in total. The lowest BCUT2D eigenvalue weighted by molar-refractivity contribution is -0.141. The Balaban J connectivity index is 2.91. The van der Waals surface area contributed by atoms with E-state index in [0.29, 0.717) is 31.8 Å². The predicted molar refractivity (Wildman–Crippen MR) is 89.2 cm³/mol. The molecule has 1 aromatic carbocycles. The molecular weight excluding hydrogens is 295 g/mol. The third-order valence-corrected chi connectivity index (χ3v) is 3.64. The Kier molecular flexibility index (Phi) is 7.72. The number of amides is 2. The van der Waals surface area contributed by atoms with Crippen molar-refractivity contribution in [3.8, 4) is 0 Å². The molecule has 0 bridgehead atoms. The van der Waals surface area contributed by atoms with Crippen molar-refractivity contribution in [3.63, 3.8) is 0 Å². The van der Waals surface area contributed by atoms with Gasteiger partial charge in [-0.15, -0.1) is 0 Å². The first kappa shape index (κ1) is 19.1. The number of rotatable bonds is 8. The van der Waals surface area contributed by atoms with Crippen molar-refractivity contribution in [2.24, 2.45) is 5.92 Å². The third-order valence-electron chi connectivity index (χ3n) is 3.64. The smallest absolute Gasteiger partial charge is 0.242 e. The van der Waals surface area contributed by atoms with Crippen molar-refractivity contribution in [1.82, 2.24) is 10.2 Å². The minimum absolute atomic E-state index is 0.0825. The second-order valence-electron chi connectivity index (χ2n) is 6.06. The summed E-state index contributed by atoms with van der Waals surface area (Å²) in [4.78, 5) is 26.3. The van der Waals surface area contributed by atoms with Crippen molar-refractivity contribution < 1.29 is 14.0 Å². The van der Waals surface area contributed by atoms with Gasteiger partial charge in [-0.2, -0.15) is 0 Å². The molecule has 0 aromatic heterocycles. The average Bonchev–Trinajstić information content (AvgIpc) is 2.53. The first-order chi connectivity index (χ1) is 10.9. The Morgan fingerprint density at radius 3 is 2.26 bits per heavy atom. The molecule has 0 unspecified atom stereocenters. The lowest BCUT2D eigenvalue weighted by atomic mass is 10.1. The SMILES string of the molecule is CCC(=O)N(Cc1ccc(F)cc1)[C@@H](CC)C(=O)NCC(C)C. The van der Waals surface area contributed by atoms with Crippen LogP contribution in [0.1, 0.15) is 46.1 Å². The van der Waals surface area contributed by atoms with E-state index in [2.05, 4.69) is 5.32 Å². The summed E-state index contributed by atoms with van der Waals surface area (Å²) in [7, 11) is 0. The minimum Gasteiger partial charge on any atom is -0.354 e. The van der Waals surface area contributed by atoms with Gasteiger partial charge in [-0.25, -0.2) is 4.39 Å². The highest BCUT2D eigenvalue weighted by Crippen LogP contribution is 2.14. The van der Waals surface area contributed by atoms with Crippen molar-refractivity contribution in [1.29, 1.82) is 0 Å². The lowest BCUT2D eigenvalue weighted by Crippen LogP contribution is -2.49. The van der Waals surface area contributed by atoms with Gasteiger partial charge in [0.25, 0.3) is 0 Å². The van der Waals surface area contributed by atoms with Crippen LogP contribution in [0.4, 0.5) is 4.39 Å². The van der Waals surface area contributed by atoms with Crippen LogP contribution in [0.5, 0.6) is 0 Å². The van der Waals surface area contributed by atoms with Crippen molar-refractivity contribution in [3.05, 3.63) is 35.6 Å². The number of hydrogen-bond donors (Lipinski definition) is 1. The van der Waals surface area contributed by atoms with Crippen molar-refractivity contribution >= 4 is 11.8 Å². The molecule has 5 heteroatoms. The Morgan fingerprint density at radius 2 is 1.78 bits per heavy atom. The van der Waals surface area contributed by atoms with Crippen molar-refractivity contribution in [2.75, 3.05) is 6.54 Å². The molecule has 1 atom stereocenters. The molecule has 0 aliphatic carbocycles. The molecule has 128 valence electrons. The zero-order valence-electron chi connectivity index (χ0n) is 14.4. The summed E-state index contributed by atoms with van der Waals surface area (Å²) < 4.78 is 13.0. The number of benzene rings is 1. The largest absolute Gasteiger partial charge is 0.354 e. The topological polar surface area (TPSA) is 49.4 Å². The van der Waals surface area contributed by atoms with Gasteiger partial charge in [0.1, 0.15) is 11.9 Å². The summed E-state index contributed by atoms with van der Waals surface area (Å²) in [5.41, 5.74) is 0.809. The van der Waals surface area contributed by atoms with Crippen LogP contribution in [-0.2, 0) is 16.1 Å². The van der Waals surface area contributed by atoms with E-state index in [9.17, 15) is 14.0 Å². The molecule has 2 amide bonds. The summed E-state index contributed by atoms with van der Waals surface area (Å²) in [6.07, 6.45) is 0.867. The zero-order valence-corrected chi connectivity index (χ0v) is 14.4. The average molecular weight is 322 g/mol. The second kappa shape index (κ2) is 9.28. The quantitative estimate of drug-likeness (QED) is 0.799. The summed E-state index contributed by atoms with van der Waals surface area (Å²) in [5.74, 6) is -0.182. The molecule has 1 rings (SSSR count). The summed E-state index contributed by atoms with van der Waals surface area (Å²) in [6.45, 7) is 8.60. The fraction of sp³-hybridized carbons (Fsp3) is 0.556. The molecule has 23 heavy (non-hydrogen) atoms. The highest BCUT2D eigenvalue weighted by atomic mass is 19.1. The van der Waals surface area contributed by atoms with Gasteiger partial charge in [0.15, 0.2) is 0 Å². The molecule has 0 spiro atoms. The monoisotopic (exact) mass is 322 g/mol. The molecule has 0 saturated carbocycles. The van der Waals surface area contributed by atoms with Crippen LogP contribution < -0.4 is 5.32 Å². The summed E-state index contributed by atoms with van der Waals surface area (Å²) in [6, 6.07) is 5.51. The maximum absolute atomic E-state index is 13.0. The fourth-order valence-electron chi connectivity index (χ4n) is 2.33. The van der Waals surface area contributed by atoms with Crippen LogP contribution in [0.25, 0.3) is 0 Å². The molecule has 0 radical (unpaired) electrons. The van der Waals surface area contributed by atoms with Crippen LogP contribution >= 0.6 is 0 Å². The van der Waals surface area contributed by atoms with Crippen LogP contribution in [-0.4, -0.2) is 29.3 Å². The van der Waals surface area contributed by atoms with Crippen LogP contribution in [0.15, 0.2) is 24.3 Å². The number of nitrogens with one attached hydrogen (secondary N) is 1. The van der Waals surface area contributed by atoms with E-state index in [1.807, 2.05) is 20.8 Å². The fourth-order valence-corrected chi connectivity index (χ4v) is 2.33. The maximum Gasteiger partial charge on any atom is 0.242 e. The number of nitrogens with zero attached hydrogens (tertiary/aromatic N) is 1. The highest BCUT2D eigenvalue weighted by Gasteiger charge is 2.27. The number of carbonyl (C=O) groups is 2. The van der Waals surface area contributed by atoms with E-state index in [4.69, 9.17) is 0 Å². The summed E-state index contributed by atoms with van der Waals surface area (Å²) >= 11 is 0. The lowest BCUT2D eigenvalue weighted by Gasteiger charge is -2.30. The number of hydrogen-bond acceptors (Lipinski definition) is 2. The molecule has 0 aliphatic rings. The van der Waals surface area contributed by atoms with Gasteiger partial charge in [-0.1, -0.05) is 39.8 Å². The van der Waals surface area contributed by atoms with Crippen LogP contribution in [0.2, 0.25) is 0 Å². The molecular formula is C18H27FN2O2. The highest BCUT2D eigenvalue weighted by molar-refractivity contribution is 5.87. The van der Waals surface area contributed by atoms with Gasteiger partial charge < -0.3 is 10.2 Å².